The van der Waals surface area contributed by atoms with E-state index in [4.69, 9.17) is 11.6 Å². The van der Waals surface area contributed by atoms with Gasteiger partial charge >= 0.3 is 0 Å². The minimum absolute atomic E-state index is 0.218. The fraction of sp³-hybridized carbons (Fsp3) is 0.353. The number of pyridine rings is 1. The quantitative estimate of drug-likeness (QED) is 0.769. The molecule has 1 unspecified atom stereocenters. The Morgan fingerprint density at radius 2 is 2.10 bits per heavy atom. The van der Waals surface area contributed by atoms with Crippen LogP contribution >= 0.6 is 27.5 Å². The van der Waals surface area contributed by atoms with Crippen LogP contribution < -0.4 is 5.32 Å². The summed E-state index contributed by atoms with van der Waals surface area (Å²) in [6.45, 7) is 5.20. The molecule has 0 amide bonds. The second-order valence-corrected chi connectivity index (χ2v) is 6.57. The number of halogens is 2. The number of aryl methyl sites for hydroxylation is 1. The largest absolute Gasteiger partial charge is 0.310 e. The van der Waals surface area contributed by atoms with Crippen molar-refractivity contribution in [1.82, 2.24) is 10.3 Å². The first kappa shape index (κ1) is 16.5. The van der Waals surface area contributed by atoms with Crippen LogP contribution in [0.2, 0.25) is 5.02 Å². The van der Waals surface area contributed by atoms with Crippen LogP contribution in [0.3, 0.4) is 0 Å². The summed E-state index contributed by atoms with van der Waals surface area (Å²) in [4.78, 5) is 4.27. The summed E-state index contributed by atoms with van der Waals surface area (Å²) in [6.07, 6.45) is 5.68. The Kier molecular flexibility index (Phi) is 6.22. The van der Waals surface area contributed by atoms with Gasteiger partial charge in [-0.1, -0.05) is 30.7 Å². The summed E-state index contributed by atoms with van der Waals surface area (Å²) in [5.74, 6) is 0. The van der Waals surface area contributed by atoms with Crippen molar-refractivity contribution in [3.05, 3.63) is 62.8 Å². The van der Waals surface area contributed by atoms with Crippen LogP contribution in [0.15, 0.2) is 41.1 Å². The predicted octanol–water partition coefficient (Wildman–Crippen LogP) is 5.09. The molecule has 0 saturated carbocycles. The van der Waals surface area contributed by atoms with E-state index in [0.29, 0.717) is 0 Å². The highest BCUT2D eigenvalue weighted by Gasteiger charge is 2.14. The molecule has 112 valence electrons. The zero-order valence-corrected chi connectivity index (χ0v) is 14.7. The van der Waals surface area contributed by atoms with Gasteiger partial charge < -0.3 is 5.32 Å². The molecule has 0 saturated heterocycles. The van der Waals surface area contributed by atoms with E-state index in [-0.39, 0.29) is 6.04 Å². The first-order valence-corrected chi connectivity index (χ1v) is 8.36. The fourth-order valence-electron chi connectivity index (χ4n) is 2.28. The molecule has 1 heterocycles. The molecular formula is C17H20BrClN2. The number of rotatable bonds is 6. The van der Waals surface area contributed by atoms with Crippen molar-refractivity contribution in [3.63, 3.8) is 0 Å². The summed E-state index contributed by atoms with van der Waals surface area (Å²) in [6, 6.07) is 8.58. The standard InChI is InChI=1S/C17H20BrClN2/c1-3-6-21-17(14-8-15(18)11-20-10-14)9-13-5-4-12(2)7-16(13)19/h4-5,7-8,10-11,17,21H,3,6,9H2,1-2H3. The second-order valence-electron chi connectivity index (χ2n) is 5.24. The van der Waals surface area contributed by atoms with Gasteiger partial charge in [-0.2, -0.15) is 0 Å². The molecule has 1 aromatic heterocycles. The summed E-state index contributed by atoms with van der Waals surface area (Å²) >= 11 is 9.87. The maximum atomic E-state index is 6.37. The minimum Gasteiger partial charge on any atom is -0.310 e. The molecule has 21 heavy (non-hydrogen) atoms. The van der Waals surface area contributed by atoms with Gasteiger partial charge in [0.1, 0.15) is 0 Å². The third-order valence-corrected chi connectivity index (χ3v) is 4.19. The number of hydrogen-bond acceptors (Lipinski definition) is 2. The number of aromatic nitrogens is 1. The van der Waals surface area contributed by atoms with E-state index in [0.717, 1.165) is 34.4 Å². The van der Waals surface area contributed by atoms with Gasteiger partial charge in [0.05, 0.1) is 0 Å². The lowest BCUT2D eigenvalue weighted by Crippen LogP contribution is -2.24. The predicted molar refractivity (Wildman–Crippen MR) is 92.9 cm³/mol. The van der Waals surface area contributed by atoms with Gasteiger partial charge in [0.15, 0.2) is 0 Å². The minimum atomic E-state index is 0.218. The topological polar surface area (TPSA) is 24.9 Å². The number of nitrogens with one attached hydrogen (secondary N) is 1. The first-order valence-electron chi connectivity index (χ1n) is 7.19. The second kappa shape index (κ2) is 7.92. The van der Waals surface area contributed by atoms with Gasteiger partial charge in [-0.25, -0.2) is 0 Å². The van der Waals surface area contributed by atoms with E-state index < -0.39 is 0 Å². The summed E-state index contributed by atoms with van der Waals surface area (Å²) in [5.41, 5.74) is 3.52. The fourth-order valence-corrected chi connectivity index (χ4v) is 2.98. The van der Waals surface area contributed by atoms with Crippen molar-refractivity contribution in [2.75, 3.05) is 6.54 Å². The van der Waals surface area contributed by atoms with Gasteiger partial charge in [0.25, 0.3) is 0 Å². The van der Waals surface area contributed by atoms with Crippen molar-refractivity contribution in [2.45, 2.75) is 32.7 Å². The molecule has 0 spiro atoms. The van der Waals surface area contributed by atoms with Gasteiger partial charge in [-0.05, 0) is 71.1 Å². The van der Waals surface area contributed by atoms with E-state index in [1.165, 1.54) is 11.1 Å². The highest BCUT2D eigenvalue weighted by molar-refractivity contribution is 9.10. The maximum Gasteiger partial charge on any atom is 0.0441 e. The normalized spacial score (nSPS) is 12.4. The molecule has 2 aromatic rings. The number of benzene rings is 1. The summed E-state index contributed by atoms with van der Waals surface area (Å²) in [5, 5.41) is 4.42. The van der Waals surface area contributed by atoms with Gasteiger partial charge in [-0.15, -0.1) is 0 Å². The van der Waals surface area contributed by atoms with Crippen LogP contribution in [0.25, 0.3) is 0 Å². The Hall–Kier alpha value is -0.900. The smallest absolute Gasteiger partial charge is 0.0441 e. The zero-order valence-electron chi connectivity index (χ0n) is 12.4. The lowest BCUT2D eigenvalue weighted by molar-refractivity contribution is 0.527. The SMILES string of the molecule is CCCNC(Cc1ccc(C)cc1Cl)c1cncc(Br)c1. The van der Waals surface area contributed by atoms with Crippen molar-refractivity contribution in [2.24, 2.45) is 0 Å². The molecule has 0 radical (unpaired) electrons. The van der Waals surface area contributed by atoms with Crippen molar-refractivity contribution in [3.8, 4) is 0 Å². The van der Waals surface area contributed by atoms with Crippen LogP contribution in [0.1, 0.15) is 36.1 Å². The van der Waals surface area contributed by atoms with Gasteiger partial charge in [0.2, 0.25) is 0 Å². The molecule has 0 fully saturated rings. The Morgan fingerprint density at radius 1 is 1.29 bits per heavy atom. The molecule has 4 heteroatoms. The molecule has 2 nitrogen and oxygen atoms in total. The van der Waals surface area contributed by atoms with E-state index in [1.54, 1.807) is 6.20 Å². The molecule has 1 N–H and O–H groups in total. The highest BCUT2D eigenvalue weighted by atomic mass is 79.9. The van der Waals surface area contributed by atoms with Crippen molar-refractivity contribution < 1.29 is 0 Å². The maximum absolute atomic E-state index is 6.37. The molecule has 1 atom stereocenters. The number of hydrogen-bond donors (Lipinski definition) is 1. The van der Waals surface area contributed by atoms with E-state index in [1.807, 2.05) is 12.3 Å². The van der Waals surface area contributed by atoms with Crippen LogP contribution in [0.4, 0.5) is 0 Å². The lowest BCUT2D eigenvalue weighted by Gasteiger charge is -2.20. The molecule has 2 rings (SSSR count). The monoisotopic (exact) mass is 366 g/mol. The van der Waals surface area contributed by atoms with E-state index in [2.05, 4.69) is 58.3 Å². The van der Waals surface area contributed by atoms with E-state index >= 15 is 0 Å². The van der Waals surface area contributed by atoms with E-state index in [9.17, 15) is 0 Å². The molecule has 0 aliphatic carbocycles. The molecule has 0 aliphatic rings. The van der Waals surface area contributed by atoms with Crippen LogP contribution in [0.5, 0.6) is 0 Å². The van der Waals surface area contributed by atoms with Gasteiger partial charge in [-0.3, -0.25) is 4.98 Å². The molecule has 0 aliphatic heterocycles. The number of nitrogens with zero attached hydrogens (tertiary/aromatic N) is 1. The Bertz CT molecular complexity index is 601. The summed E-state index contributed by atoms with van der Waals surface area (Å²) < 4.78 is 0.998. The first-order chi connectivity index (χ1) is 10.1. The van der Waals surface area contributed by atoms with Crippen molar-refractivity contribution in [1.29, 1.82) is 0 Å². The molecule has 1 aromatic carbocycles. The lowest BCUT2D eigenvalue weighted by atomic mass is 9.99. The summed E-state index contributed by atoms with van der Waals surface area (Å²) in [7, 11) is 0. The average molecular weight is 368 g/mol. The van der Waals surface area contributed by atoms with Crippen LogP contribution in [0, 0.1) is 6.92 Å². The Balaban J connectivity index is 2.23. The van der Waals surface area contributed by atoms with Crippen molar-refractivity contribution >= 4 is 27.5 Å². The van der Waals surface area contributed by atoms with Crippen LogP contribution in [-0.4, -0.2) is 11.5 Å². The Morgan fingerprint density at radius 3 is 2.76 bits per heavy atom. The molecular weight excluding hydrogens is 348 g/mol. The third-order valence-electron chi connectivity index (χ3n) is 3.40. The highest BCUT2D eigenvalue weighted by Crippen LogP contribution is 2.25. The molecule has 0 bridgehead atoms. The zero-order chi connectivity index (χ0) is 15.2. The third kappa shape index (κ3) is 4.80. The Labute approximate surface area is 140 Å². The van der Waals surface area contributed by atoms with Gasteiger partial charge in [0, 0.05) is 27.9 Å². The van der Waals surface area contributed by atoms with Crippen LogP contribution in [-0.2, 0) is 6.42 Å². The average Bonchev–Trinajstić information content (AvgIpc) is 2.45.